The minimum absolute atomic E-state index is 0. The molecule has 1 amide bonds. The molecule has 6 heteroatoms. The lowest BCUT2D eigenvalue weighted by molar-refractivity contribution is -0.126. The van der Waals surface area contributed by atoms with Gasteiger partial charge in [-0.15, -0.1) is 12.4 Å². The van der Waals surface area contributed by atoms with Gasteiger partial charge in [-0.1, -0.05) is 25.0 Å². The van der Waals surface area contributed by atoms with Gasteiger partial charge in [0, 0.05) is 25.6 Å². The van der Waals surface area contributed by atoms with Gasteiger partial charge >= 0.3 is 0 Å². The van der Waals surface area contributed by atoms with Crippen molar-refractivity contribution >= 4 is 18.3 Å². The zero-order chi connectivity index (χ0) is 17.2. The third kappa shape index (κ3) is 3.94. The Balaban J connectivity index is 0.00000225. The number of aliphatic hydroxyl groups is 1. The summed E-state index contributed by atoms with van der Waals surface area (Å²) in [7, 11) is 1.67. The first-order valence-corrected chi connectivity index (χ1v) is 8.89. The van der Waals surface area contributed by atoms with Crippen LogP contribution in [0.15, 0.2) is 18.2 Å². The average molecular weight is 369 g/mol. The van der Waals surface area contributed by atoms with Crippen LogP contribution in [0.25, 0.3) is 0 Å². The van der Waals surface area contributed by atoms with Crippen molar-refractivity contribution in [3.63, 3.8) is 0 Å². The second-order valence-electron chi connectivity index (χ2n) is 7.17. The van der Waals surface area contributed by atoms with Crippen molar-refractivity contribution in [3.05, 3.63) is 29.3 Å². The van der Waals surface area contributed by atoms with Crippen LogP contribution in [0, 0.1) is 12.8 Å². The highest BCUT2D eigenvalue weighted by atomic mass is 35.5. The maximum Gasteiger partial charge on any atom is 0.230 e. The highest BCUT2D eigenvalue weighted by Gasteiger charge is 2.43. The van der Waals surface area contributed by atoms with Crippen molar-refractivity contribution < 1.29 is 14.6 Å². The van der Waals surface area contributed by atoms with E-state index < -0.39 is 5.41 Å². The van der Waals surface area contributed by atoms with Gasteiger partial charge in [0.1, 0.15) is 5.75 Å². The number of ether oxygens (including phenoxy) is 1. The molecule has 2 aliphatic rings. The number of benzene rings is 1. The van der Waals surface area contributed by atoms with Gasteiger partial charge in [0.2, 0.25) is 5.91 Å². The number of methoxy groups -OCH3 is 1. The molecule has 25 heavy (non-hydrogen) atoms. The average Bonchev–Trinajstić information content (AvgIpc) is 3.23. The Labute approximate surface area is 155 Å². The minimum Gasteiger partial charge on any atom is -0.496 e. The van der Waals surface area contributed by atoms with Crippen LogP contribution in [-0.4, -0.2) is 43.9 Å². The van der Waals surface area contributed by atoms with Gasteiger partial charge in [-0.25, -0.2) is 0 Å². The zero-order valence-corrected chi connectivity index (χ0v) is 15.8. The fourth-order valence-corrected chi connectivity index (χ4v) is 4.06. The van der Waals surface area contributed by atoms with Gasteiger partial charge in [0.05, 0.1) is 18.6 Å². The maximum atomic E-state index is 13.1. The first-order chi connectivity index (χ1) is 11.6. The van der Waals surface area contributed by atoms with E-state index in [1.165, 1.54) is 0 Å². The number of aryl methyl sites for hydroxylation is 1. The number of β-amino-alcohol motifs (C(OH)–C–C–N with tert-alkyl or cyclic N) is 1. The molecule has 0 spiro atoms. The summed E-state index contributed by atoms with van der Waals surface area (Å²) in [5, 5.41) is 16.2. The van der Waals surface area contributed by atoms with E-state index in [2.05, 4.69) is 16.7 Å². The molecule has 0 radical (unpaired) electrons. The summed E-state index contributed by atoms with van der Waals surface area (Å²) < 4.78 is 5.45. The molecule has 2 atom stereocenters. The molecule has 1 aromatic carbocycles. The predicted molar refractivity (Wildman–Crippen MR) is 101 cm³/mol. The van der Waals surface area contributed by atoms with Gasteiger partial charge in [-0.05, 0) is 37.0 Å². The second-order valence-corrected chi connectivity index (χ2v) is 7.17. The van der Waals surface area contributed by atoms with Crippen molar-refractivity contribution in [2.45, 2.75) is 44.1 Å². The van der Waals surface area contributed by atoms with Crippen LogP contribution in [0.4, 0.5) is 0 Å². The quantitative estimate of drug-likeness (QED) is 0.742. The SMILES string of the molecule is COc1cc(C2(C(=O)NCC3CNCC3O)CCCC2)ccc1C.Cl. The highest BCUT2D eigenvalue weighted by molar-refractivity contribution is 5.88. The van der Waals surface area contributed by atoms with Crippen molar-refractivity contribution in [2.24, 2.45) is 5.92 Å². The molecule has 2 unspecified atom stereocenters. The van der Waals surface area contributed by atoms with Gasteiger partial charge < -0.3 is 20.5 Å². The largest absolute Gasteiger partial charge is 0.496 e. The number of carbonyl (C=O) groups is 1. The standard InChI is InChI=1S/C19H28N2O3.ClH/c1-13-5-6-15(9-17(13)24-2)19(7-3-4-8-19)18(23)21-11-14-10-20-12-16(14)22;/h5-6,9,14,16,20,22H,3-4,7-8,10-12H2,1-2H3,(H,21,23);1H. The molecule has 5 nitrogen and oxygen atoms in total. The molecular formula is C19H29ClN2O3. The smallest absolute Gasteiger partial charge is 0.230 e. The molecule has 1 aliphatic heterocycles. The molecule has 0 aromatic heterocycles. The van der Waals surface area contributed by atoms with Crippen molar-refractivity contribution in [1.29, 1.82) is 0 Å². The fraction of sp³-hybridized carbons (Fsp3) is 0.632. The molecule has 0 bridgehead atoms. The summed E-state index contributed by atoms with van der Waals surface area (Å²) in [5.74, 6) is 1.02. The number of hydrogen-bond donors (Lipinski definition) is 3. The Morgan fingerprint density at radius 3 is 2.68 bits per heavy atom. The predicted octanol–water partition coefficient (Wildman–Crippen LogP) is 1.93. The third-order valence-electron chi connectivity index (χ3n) is 5.68. The first-order valence-electron chi connectivity index (χ1n) is 8.89. The van der Waals surface area contributed by atoms with Crippen LogP contribution in [-0.2, 0) is 10.2 Å². The molecule has 1 aliphatic carbocycles. The van der Waals surface area contributed by atoms with Crippen LogP contribution in [0.1, 0.15) is 36.8 Å². The molecular weight excluding hydrogens is 340 g/mol. The van der Waals surface area contributed by atoms with Crippen LogP contribution < -0.4 is 15.4 Å². The van der Waals surface area contributed by atoms with Crippen LogP contribution in [0.2, 0.25) is 0 Å². The fourth-order valence-electron chi connectivity index (χ4n) is 4.06. The van der Waals surface area contributed by atoms with Crippen LogP contribution in [0.5, 0.6) is 5.75 Å². The molecule has 2 fully saturated rings. The Kier molecular flexibility index (Phi) is 6.72. The Morgan fingerprint density at radius 1 is 1.36 bits per heavy atom. The number of carbonyl (C=O) groups excluding carboxylic acids is 1. The summed E-state index contributed by atoms with van der Waals surface area (Å²) in [4.78, 5) is 13.1. The van der Waals surface area contributed by atoms with E-state index in [9.17, 15) is 9.90 Å². The van der Waals surface area contributed by atoms with Crippen LogP contribution >= 0.6 is 12.4 Å². The van der Waals surface area contributed by atoms with E-state index in [0.717, 1.165) is 49.1 Å². The third-order valence-corrected chi connectivity index (χ3v) is 5.68. The summed E-state index contributed by atoms with van der Waals surface area (Å²) in [6.07, 6.45) is 3.51. The van der Waals surface area contributed by atoms with Crippen LogP contribution in [0.3, 0.4) is 0 Å². The lowest BCUT2D eigenvalue weighted by Gasteiger charge is -2.30. The van der Waals surface area contributed by atoms with E-state index in [1.807, 2.05) is 19.1 Å². The minimum atomic E-state index is -0.460. The van der Waals surface area contributed by atoms with E-state index in [4.69, 9.17) is 4.74 Å². The molecule has 1 saturated heterocycles. The first kappa shape index (κ1) is 20.0. The van der Waals surface area contributed by atoms with E-state index in [-0.39, 0.29) is 30.3 Å². The van der Waals surface area contributed by atoms with E-state index in [0.29, 0.717) is 13.1 Å². The van der Waals surface area contributed by atoms with Gasteiger partial charge in [-0.3, -0.25) is 4.79 Å². The van der Waals surface area contributed by atoms with Crippen molar-refractivity contribution in [3.8, 4) is 5.75 Å². The molecule has 140 valence electrons. The summed E-state index contributed by atoms with van der Waals surface area (Å²) >= 11 is 0. The highest BCUT2D eigenvalue weighted by Crippen LogP contribution is 2.42. The zero-order valence-electron chi connectivity index (χ0n) is 15.0. The Hall–Kier alpha value is -1.30. The summed E-state index contributed by atoms with van der Waals surface area (Å²) in [6.45, 7) is 3.91. The lowest BCUT2D eigenvalue weighted by Crippen LogP contribution is -2.45. The Morgan fingerprint density at radius 2 is 2.08 bits per heavy atom. The van der Waals surface area contributed by atoms with Gasteiger partial charge in [0.25, 0.3) is 0 Å². The normalized spacial score (nSPS) is 24.6. The van der Waals surface area contributed by atoms with E-state index in [1.54, 1.807) is 7.11 Å². The summed E-state index contributed by atoms with van der Waals surface area (Å²) in [6, 6.07) is 6.12. The number of aliphatic hydroxyl groups excluding tert-OH is 1. The van der Waals surface area contributed by atoms with Crippen molar-refractivity contribution in [2.75, 3.05) is 26.7 Å². The topological polar surface area (TPSA) is 70.6 Å². The maximum absolute atomic E-state index is 13.1. The number of rotatable bonds is 5. The second kappa shape index (κ2) is 8.39. The number of nitrogens with one attached hydrogen (secondary N) is 2. The monoisotopic (exact) mass is 368 g/mol. The van der Waals surface area contributed by atoms with Gasteiger partial charge in [-0.2, -0.15) is 0 Å². The molecule has 3 N–H and O–H groups in total. The molecule has 1 heterocycles. The van der Waals surface area contributed by atoms with Crippen molar-refractivity contribution in [1.82, 2.24) is 10.6 Å². The number of halogens is 1. The molecule has 1 aromatic rings. The molecule has 3 rings (SSSR count). The summed E-state index contributed by atoms with van der Waals surface area (Å²) in [5.41, 5.74) is 1.66. The van der Waals surface area contributed by atoms with Gasteiger partial charge in [0.15, 0.2) is 0 Å². The van der Waals surface area contributed by atoms with E-state index >= 15 is 0 Å². The molecule has 1 saturated carbocycles. The lowest BCUT2D eigenvalue weighted by atomic mass is 9.77. The number of amides is 1. The Bertz CT molecular complexity index is 602. The number of hydrogen-bond acceptors (Lipinski definition) is 4.